The lowest BCUT2D eigenvalue weighted by atomic mass is 9.89. The standard InChI is InChI=1S/C62H46N2/c1-41-15-12-17-45(37-41)52-23-9-8-22-51(52)44-30-33-49(34-31-44)63(60-40-47-38-42(2)29-35-53(47)56-25-10-11-26-57(56)60)50-21-13-18-46(39-50)54-27-14-28-59-61(54)58-36-32-43-16-6-7-24-55(43)62(58)64(59)48-19-4-3-5-20-48/h3-14,16-41H,15H2,1-2H3. The Morgan fingerprint density at radius 1 is 0.484 bits per heavy atom. The highest BCUT2D eigenvalue weighted by Gasteiger charge is 2.22. The van der Waals surface area contributed by atoms with Crippen molar-refractivity contribution in [1.29, 1.82) is 0 Å². The second kappa shape index (κ2) is 15.4. The highest BCUT2D eigenvalue weighted by atomic mass is 15.1. The number of benzene rings is 10. The first-order valence-corrected chi connectivity index (χ1v) is 22.5. The number of fused-ring (bicyclic) bond motifs is 8. The van der Waals surface area contributed by atoms with Crippen LogP contribution in [0.4, 0.5) is 17.1 Å². The zero-order valence-electron chi connectivity index (χ0n) is 36.0. The van der Waals surface area contributed by atoms with Gasteiger partial charge in [0.25, 0.3) is 0 Å². The summed E-state index contributed by atoms with van der Waals surface area (Å²) in [6.07, 6.45) is 8.10. The molecule has 1 atom stereocenters. The Morgan fingerprint density at radius 2 is 1.20 bits per heavy atom. The van der Waals surface area contributed by atoms with Crippen molar-refractivity contribution in [2.75, 3.05) is 4.90 Å². The third-order valence-electron chi connectivity index (χ3n) is 13.3. The van der Waals surface area contributed by atoms with Gasteiger partial charge in [-0.15, -0.1) is 0 Å². The van der Waals surface area contributed by atoms with Crippen LogP contribution in [0.3, 0.4) is 0 Å². The summed E-state index contributed by atoms with van der Waals surface area (Å²) in [5.41, 5.74) is 15.6. The smallest absolute Gasteiger partial charge is 0.0619 e. The van der Waals surface area contributed by atoms with E-state index in [1.165, 1.54) is 93.1 Å². The SMILES string of the molecule is Cc1ccc2c(c1)cc(N(c1ccc(-c3ccccc3C3=CC(C)CC=C3)cc1)c1cccc(-c3cccc4c3c3ccc5ccccc5c3n4-c3ccccc3)c1)c1ccccc12. The van der Waals surface area contributed by atoms with Crippen LogP contribution in [0.5, 0.6) is 0 Å². The van der Waals surface area contributed by atoms with Gasteiger partial charge in [-0.2, -0.15) is 0 Å². The molecule has 0 bridgehead atoms. The van der Waals surface area contributed by atoms with Gasteiger partial charge < -0.3 is 9.47 Å². The average molecular weight is 819 g/mol. The van der Waals surface area contributed by atoms with Crippen LogP contribution in [0.15, 0.2) is 224 Å². The molecule has 1 aromatic heterocycles. The van der Waals surface area contributed by atoms with Crippen LogP contribution in [0.1, 0.15) is 24.5 Å². The average Bonchev–Trinajstić information content (AvgIpc) is 3.70. The van der Waals surface area contributed by atoms with Gasteiger partial charge in [0.15, 0.2) is 0 Å². The number of nitrogens with zero attached hydrogens (tertiary/aromatic N) is 2. The Labute approximate surface area is 374 Å². The first kappa shape index (κ1) is 37.8. The van der Waals surface area contributed by atoms with Gasteiger partial charge >= 0.3 is 0 Å². The molecule has 0 fully saturated rings. The molecule has 1 aliphatic carbocycles. The maximum absolute atomic E-state index is 2.47. The molecule has 0 amide bonds. The van der Waals surface area contributed by atoms with Crippen molar-refractivity contribution in [3.05, 3.63) is 236 Å². The number of aryl methyl sites for hydroxylation is 1. The molecule has 2 nitrogen and oxygen atoms in total. The quantitative estimate of drug-likeness (QED) is 0.145. The molecule has 304 valence electrons. The fourth-order valence-electron chi connectivity index (χ4n) is 10.3. The third kappa shape index (κ3) is 6.33. The van der Waals surface area contributed by atoms with E-state index in [1.807, 2.05) is 0 Å². The maximum Gasteiger partial charge on any atom is 0.0619 e. The van der Waals surface area contributed by atoms with Crippen molar-refractivity contribution in [3.8, 4) is 27.9 Å². The van der Waals surface area contributed by atoms with E-state index in [1.54, 1.807) is 0 Å². The molecule has 1 heterocycles. The van der Waals surface area contributed by atoms with Crippen LogP contribution < -0.4 is 4.90 Å². The number of rotatable bonds is 7. The summed E-state index contributed by atoms with van der Waals surface area (Å²) >= 11 is 0. The Morgan fingerprint density at radius 3 is 2.05 bits per heavy atom. The van der Waals surface area contributed by atoms with Crippen LogP contribution in [-0.4, -0.2) is 4.57 Å². The summed E-state index contributed by atoms with van der Waals surface area (Å²) in [5.74, 6) is 0.523. The fourth-order valence-corrected chi connectivity index (χ4v) is 10.3. The van der Waals surface area contributed by atoms with Crippen LogP contribution in [0, 0.1) is 12.8 Å². The van der Waals surface area contributed by atoms with Crippen molar-refractivity contribution < 1.29 is 0 Å². The van der Waals surface area contributed by atoms with Crippen molar-refractivity contribution in [2.45, 2.75) is 20.3 Å². The summed E-state index contributed by atoms with van der Waals surface area (Å²) in [5, 5.41) is 9.93. The zero-order chi connectivity index (χ0) is 42.7. The molecule has 10 aromatic carbocycles. The topological polar surface area (TPSA) is 8.17 Å². The van der Waals surface area contributed by atoms with Crippen molar-refractivity contribution in [3.63, 3.8) is 0 Å². The molecule has 0 N–H and O–H groups in total. The summed E-state index contributed by atoms with van der Waals surface area (Å²) in [6, 6.07) is 76.3. The van der Waals surface area contributed by atoms with Crippen LogP contribution in [0.25, 0.3) is 87.6 Å². The van der Waals surface area contributed by atoms with Crippen LogP contribution in [-0.2, 0) is 0 Å². The lowest BCUT2D eigenvalue weighted by molar-refractivity contribution is 0.740. The lowest BCUT2D eigenvalue weighted by Crippen LogP contribution is -2.11. The van der Waals surface area contributed by atoms with Crippen molar-refractivity contribution in [1.82, 2.24) is 4.57 Å². The molecule has 64 heavy (non-hydrogen) atoms. The van der Waals surface area contributed by atoms with E-state index in [0.29, 0.717) is 5.92 Å². The number of aromatic nitrogens is 1. The van der Waals surface area contributed by atoms with E-state index in [2.05, 4.69) is 248 Å². The van der Waals surface area contributed by atoms with E-state index in [9.17, 15) is 0 Å². The second-order valence-electron chi connectivity index (χ2n) is 17.4. The predicted octanol–water partition coefficient (Wildman–Crippen LogP) is 17.3. The first-order valence-electron chi connectivity index (χ1n) is 22.5. The van der Waals surface area contributed by atoms with Gasteiger partial charge in [-0.05, 0) is 123 Å². The molecular weight excluding hydrogens is 773 g/mol. The Hall–Kier alpha value is -7.94. The number of hydrogen-bond donors (Lipinski definition) is 0. The fraction of sp³-hybridized carbons (Fsp3) is 0.0645. The zero-order valence-corrected chi connectivity index (χ0v) is 36.0. The van der Waals surface area contributed by atoms with Gasteiger partial charge in [0.05, 0.1) is 16.7 Å². The summed E-state index contributed by atoms with van der Waals surface area (Å²) in [4.78, 5) is 2.47. The Balaban J connectivity index is 1.07. The van der Waals surface area contributed by atoms with E-state index < -0.39 is 0 Å². The van der Waals surface area contributed by atoms with Gasteiger partial charge in [0.1, 0.15) is 0 Å². The summed E-state index contributed by atoms with van der Waals surface area (Å²) in [7, 11) is 0. The van der Waals surface area contributed by atoms with E-state index in [0.717, 1.165) is 29.2 Å². The lowest BCUT2D eigenvalue weighted by Gasteiger charge is -2.28. The molecule has 0 saturated heterocycles. The Kier molecular flexibility index (Phi) is 9.12. The molecule has 0 radical (unpaired) electrons. The second-order valence-corrected chi connectivity index (χ2v) is 17.4. The van der Waals surface area contributed by atoms with Crippen molar-refractivity contribution in [2.24, 2.45) is 5.92 Å². The van der Waals surface area contributed by atoms with E-state index in [4.69, 9.17) is 0 Å². The number of para-hydroxylation sites is 1. The minimum Gasteiger partial charge on any atom is -0.310 e. The molecule has 0 aliphatic heterocycles. The normalized spacial score (nSPS) is 13.9. The van der Waals surface area contributed by atoms with Crippen molar-refractivity contribution >= 4 is 76.8 Å². The van der Waals surface area contributed by atoms with Crippen LogP contribution >= 0.6 is 0 Å². The van der Waals surface area contributed by atoms with Gasteiger partial charge in [0, 0.05) is 38.6 Å². The van der Waals surface area contributed by atoms with E-state index in [-0.39, 0.29) is 0 Å². The highest BCUT2D eigenvalue weighted by Crippen LogP contribution is 2.46. The van der Waals surface area contributed by atoms with Gasteiger partial charge in [-0.25, -0.2) is 0 Å². The molecule has 1 unspecified atom stereocenters. The number of allylic oxidation sites excluding steroid dienone is 4. The molecule has 1 aliphatic rings. The summed E-state index contributed by atoms with van der Waals surface area (Å²) in [6.45, 7) is 4.48. The minimum atomic E-state index is 0.523. The monoisotopic (exact) mass is 818 g/mol. The predicted molar refractivity (Wildman–Crippen MR) is 274 cm³/mol. The third-order valence-corrected chi connectivity index (χ3v) is 13.3. The summed E-state index contributed by atoms with van der Waals surface area (Å²) < 4.78 is 2.46. The molecule has 2 heteroatoms. The molecular formula is C62H46N2. The number of hydrogen-bond acceptors (Lipinski definition) is 1. The molecule has 11 aromatic rings. The molecule has 12 rings (SSSR count). The highest BCUT2D eigenvalue weighted by molar-refractivity contribution is 6.22. The maximum atomic E-state index is 2.47. The van der Waals surface area contributed by atoms with Gasteiger partial charge in [-0.3, -0.25) is 0 Å². The molecule has 0 saturated carbocycles. The molecule has 0 spiro atoms. The number of anilines is 3. The largest absolute Gasteiger partial charge is 0.310 e. The van der Waals surface area contributed by atoms with Gasteiger partial charge in [0.2, 0.25) is 0 Å². The minimum absolute atomic E-state index is 0.523. The van der Waals surface area contributed by atoms with E-state index >= 15 is 0 Å². The Bertz CT molecular complexity index is 3660. The van der Waals surface area contributed by atoms with Gasteiger partial charge in [-0.1, -0.05) is 188 Å². The first-order chi connectivity index (χ1) is 31.6. The van der Waals surface area contributed by atoms with Crippen LogP contribution in [0.2, 0.25) is 0 Å².